The van der Waals surface area contributed by atoms with Gasteiger partial charge in [0.1, 0.15) is 5.56 Å². The molecule has 0 radical (unpaired) electrons. The van der Waals surface area contributed by atoms with Crippen molar-refractivity contribution in [2.24, 2.45) is 5.84 Å². The maximum atomic E-state index is 11.0. The Morgan fingerprint density at radius 1 is 1.24 bits per heavy atom. The first-order chi connectivity index (χ1) is 8.20. The molecule has 0 saturated heterocycles. The van der Waals surface area contributed by atoms with Crippen LogP contribution in [0.1, 0.15) is 10.4 Å². The van der Waals surface area contributed by atoms with Crippen molar-refractivity contribution in [3.05, 3.63) is 54.4 Å². The molecule has 5 heteroatoms. The topological polar surface area (TPSA) is 79.5 Å². The van der Waals surface area contributed by atoms with E-state index in [0.717, 1.165) is 0 Å². The molecule has 17 heavy (non-hydrogen) atoms. The SMILES string of the molecule is NN(c1ccccc1)c1ccncc1C(=O)O. The fourth-order valence-electron chi connectivity index (χ4n) is 1.49. The summed E-state index contributed by atoms with van der Waals surface area (Å²) in [6.45, 7) is 0. The van der Waals surface area contributed by atoms with Crippen LogP contribution in [0.3, 0.4) is 0 Å². The van der Waals surface area contributed by atoms with Crippen molar-refractivity contribution in [3.8, 4) is 0 Å². The van der Waals surface area contributed by atoms with Crippen LogP contribution < -0.4 is 10.9 Å². The number of hydrazine groups is 1. The summed E-state index contributed by atoms with van der Waals surface area (Å²) in [6.07, 6.45) is 2.78. The van der Waals surface area contributed by atoms with Crippen LogP contribution in [-0.2, 0) is 0 Å². The van der Waals surface area contributed by atoms with Gasteiger partial charge in [0.05, 0.1) is 11.4 Å². The molecule has 0 spiro atoms. The number of aromatic nitrogens is 1. The lowest BCUT2D eigenvalue weighted by Gasteiger charge is -2.20. The van der Waals surface area contributed by atoms with Gasteiger partial charge in [0, 0.05) is 12.4 Å². The first-order valence-electron chi connectivity index (χ1n) is 4.97. The van der Waals surface area contributed by atoms with E-state index >= 15 is 0 Å². The highest BCUT2D eigenvalue weighted by atomic mass is 16.4. The third-order valence-electron chi connectivity index (χ3n) is 2.32. The minimum atomic E-state index is -1.06. The Morgan fingerprint density at radius 3 is 2.59 bits per heavy atom. The van der Waals surface area contributed by atoms with Crippen LogP contribution in [0, 0.1) is 0 Å². The molecule has 0 amide bonds. The van der Waals surface area contributed by atoms with Crippen molar-refractivity contribution in [1.82, 2.24) is 4.98 Å². The van der Waals surface area contributed by atoms with Crippen molar-refractivity contribution >= 4 is 17.3 Å². The van der Waals surface area contributed by atoms with Crippen LogP contribution in [0.2, 0.25) is 0 Å². The Morgan fingerprint density at radius 2 is 1.94 bits per heavy atom. The molecular weight excluding hydrogens is 218 g/mol. The molecule has 5 nitrogen and oxygen atoms in total. The summed E-state index contributed by atoms with van der Waals surface area (Å²) in [6, 6.07) is 10.7. The number of benzene rings is 1. The van der Waals surface area contributed by atoms with Crippen molar-refractivity contribution in [2.45, 2.75) is 0 Å². The maximum Gasteiger partial charge on any atom is 0.339 e. The van der Waals surface area contributed by atoms with Gasteiger partial charge in [-0.05, 0) is 18.2 Å². The summed E-state index contributed by atoms with van der Waals surface area (Å²) < 4.78 is 0. The number of hydrogen-bond donors (Lipinski definition) is 2. The second-order valence-electron chi connectivity index (χ2n) is 3.40. The molecule has 0 aliphatic rings. The molecule has 0 aliphatic heterocycles. The standard InChI is InChI=1S/C12H11N3O2/c13-15(9-4-2-1-3-5-9)11-6-7-14-8-10(11)12(16)17/h1-8H,13H2,(H,16,17). The van der Waals surface area contributed by atoms with Crippen molar-refractivity contribution < 1.29 is 9.90 Å². The van der Waals surface area contributed by atoms with Gasteiger partial charge in [-0.15, -0.1) is 0 Å². The molecule has 86 valence electrons. The molecule has 3 N–H and O–H groups in total. The van der Waals surface area contributed by atoms with E-state index in [1.165, 1.54) is 17.4 Å². The fraction of sp³-hybridized carbons (Fsp3) is 0. The number of aromatic carboxylic acids is 1. The maximum absolute atomic E-state index is 11.0. The van der Waals surface area contributed by atoms with Gasteiger partial charge in [-0.1, -0.05) is 18.2 Å². The van der Waals surface area contributed by atoms with Gasteiger partial charge in [-0.2, -0.15) is 0 Å². The van der Waals surface area contributed by atoms with Crippen LogP contribution in [0.4, 0.5) is 11.4 Å². The first-order valence-corrected chi connectivity index (χ1v) is 4.97. The molecule has 0 saturated carbocycles. The quantitative estimate of drug-likeness (QED) is 0.619. The van der Waals surface area contributed by atoms with E-state index in [4.69, 9.17) is 10.9 Å². The Kier molecular flexibility index (Phi) is 3.02. The predicted molar refractivity (Wildman–Crippen MR) is 64.0 cm³/mol. The molecule has 1 aromatic heterocycles. The number of pyridine rings is 1. The van der Waals surface area contributed by atoms with Gasteiger partial charge in [0.15, 0.2) is 0 Å². The Balaban J connectivity index is 2.44. The van der Waals surface area contributed by atoms with E-state index in [1.807, 2.05) is 18.2 Å². The van der Waals surface area contributed by atoms with E-state index in [2.05, 4.69) is 4.98 Å². The second kappa shape index (κ2) is 4.63. The smallest absolute Gasteiger partial charge is 0.339 e. The van der Waals surface area contributed by atoms with E-state index in [-0.39, 0.29) is 5.56 Å². The van der Waals surface area contributed by atoms with Crippen LogP contribution >= 0.6 is 0 Å². The Bertz CT molecular complexity index is 528. The number of carboxylic acids is 1. The highest BCUT2D eigenvalue weighted by Gasteiger charge is 2.14. The molecule has 1 aromatic carbocycles. The van der Waals surface area contributed by atoms with Crippen molar-refractivity contribution in [2.75, 3.05) is 5.01 Å². The first kappa shape index (κ1) is 11.1. The zero-order valence-corrected chi connectivity index (χ0v) is 8.95. The summed E-state index contributed by atoms with van der Waals surface area (Å²) in [7, 11) is 0. The largest absolute Gasteiger partial charge is 0.478 e. The number of nitrogens with two attached hydrogens (primary N) is 1. The lowest BCUT2D eigenvalue weighted by atomic mass is 10.2. The van der Waals surface area contributed by atoms with Crippen LogP contribution in [0.15, 0.2) is 48.8 Å². The second-order valence-corrected chi connectivity index (χ2v) is 3.40. The number of hydrogen-bond acceptors (Lipinski definition) is 4. The van der Waals surface area contributed by atoms with Gasteiger partial charge in [0.25, 0.3) is 0 Å². The average Bonchev–Trinajstić information content (AvgIpc) is 2.39. The zero-order chi connectivity index (χ0) is 12.3. The third kappa shape index (κ3) is 2.24. The minimum absolute atomic E-state index is 0.0684. The lowest BCUT2D eigenvalue weighted by molar-refractivity contribution is 0.0697. The minimum Gasteiger partial charge on any atom is -0.478 e. The van der Waals surface area contributed by atoms with Crippen molar-refractivity contribution in [3.63, 3.8) is 0 Å². The van der Waals surface area contributed by atoms with Crippen molar-refractivity contribution in [1.29, 1.82) is 0 Å². The summed E-state index contributed by atoms with van der Waals surface area (Å²) in [5.41, 5.74) is 1.18. The van der Waals surface area contributed by atoms with Gasteiger partial charge in [-0.3, -0.25) is 9.99 Å². The third-order valence-corrected chi connectivity index (χ3v) is 2.32. The van der Waals surface area contributed by atoms with Gasteiger partial charge in [-0.25, -0.2) is 10.6 Å². The number of anilines is 2. The Hall–Kier alpha value is -2.40. The van der Waals surface area contributed by atoms with E-state index < -0.39 is 5.97 Å². The summed E-state index contributed by atoms with van der Waals surface area (Å²) >= 11 is 0. The van der Waals surface area contributed by atoms with Gasteiger partial charge in [0.2, 0.25) is 0 Å². The van der Waals surface area contributed by atoms with Gasteiger partial charge < -0.3 is 5.11 Å². The Labute approximate surface area is 98.1 Å². The molecule has 1 heterocycles. The average molecular weight is 229 g/mol. The summed E-state index contributed by atoms with van der Waals surface area (Å²) in [4.78, 5) is 14.8. The molecule has 0 aliphatic carbocycles. The molecule has 2 rings (SSSR count). The highest BCUT2D eigenvalue weighted by molar-refractivity contribution is 5.94. The molecule has 0 fully saturated rings. The van der Waals surface area contributed by atoms with E-state index in [9.17, 15) is 4.79 Å². The van der Waals surface area contributed by atoms with E-state index in [0.29, 0.717) is 11.4 Å². The van der Waals surface area contributed by atoms with Gasteiger partial charge >= 0.3 is 5.97 Å². The summed E-state index contributed by atoms with van der Waals surface area (Å²) in [5, 5.41) is 10.4. The number of para-hydroxylation sites is 1. The molecular formula is C12H11N3O2. The van der Waals surface area contributed by atoms with Crippen LogP contribution in [-0.4, -0.2) is 16.1 Å². The predicted octanol–water partition coefficient (Wildman–Crippen LogP) is 1.79. The lowest BCUT2D eigenvalue weighted by Crippen LogP contribution is -2.26. The molecule has 0 atom stereocenters. The normalized spacial score (nSPS) is 9.94. The summed E-state index contributed by atoms with van der Waals surface area (Å²) in [5.74, 6) is 4.84. The van der Waals surface area contributed by atoms with Crippen LogP contribution in [0.25, 0.3) is 0 Å². The molecule has 0 bridgehead atoms. The van der Waals surface area contributed by atoms with E-state index in [1.54, 1.807) is 18.2 Å². The number of carboxylic acid groups (broad SMARTS) is 1. The fourth-order valence-corrected chi connectivity index (χ4v) is 1.49. The zero-order valence-electron chi connectivity index (χ0n) is 8.95. The molecule has 0 unspecified atom stereocenters. The number of rotatable bonds is 3. The number of nitrogens with zero attached hydrogens (tertiary/aromatic N) is 2. The monoisotopic (exact) mass is 229 g/mol. The number of carbonyl (C=O) groups is 1. The highest BCUT2D eigenvalue weighted by Crippen LogP contribution is 2.24. The van der Waals surface area contributed by atoms with Crippen LogP contribution in [0.5, 0.6) is 0 Å². The molecule has 2 aromatic rings.